The summed E-state index contributed by atoms with van der Waals surface area (Å²) in [6.07, 6.45) is 1.82. The van der Waals surface area contributed by atoms with E-state index >= 15 is 0 Å². The van der Waals surface area contributed by atoms with Gasteiger partial charge in [-0.3, -0.25) is 9.78 Å². The molecular weight excluding hydrogens is 358 g/mol. The van der Waals surface area contributed by atoms with Crippen LogP contribution in [-0.4, -0.2) is 42.0 Å². The summed E-state index contributed by atoms with van der Waals surface area (Å²) in [6.45, 7) is 7.14. The predicted molar refractivity (Wildman–Crippen MR) is 111 cm³/mol. The fourth-order valence-corrected chi connectivity index (χ4v) is 3.76. The molecule has 2 aromatic carbocycles. The molecule has 4 nitrogen and oxygen atoms in total. The van der Waals surface area contributed by atoms with E-state index in [-0.39, 0.29) is 5.91 Å². The number of fused-ring (bicyclic) bond motifs is 1. The van der Waals surface area contributed by atoms with Gasteiger partial charge in [0, 0.05) is 54.0 Å². The quantitative estimate of drug-likeness (QED) is 0.659. The first-order valence-corrected chi connectivity index (χ1v) is 9.56. The molecule has 0 unspecified atom stereocenters. The largest absolute Gasteiger partial charge is 0.367 e. The smallest absolute Gasteiger partial charge is 0.253 e. The molecule has 2 heterocycles. The SMILES string of the molecule is Cc1ccc(C(=O)N2CCN(c3ccnc4cc(Cl)ccc34)CC2)cc1C. The summed E-state index contributed by atoms with van der Waals surface area (Å²) in [5, 5.41) is 1.78. The fraction of sp³-hybridized carbons (Fsp3) is 0.273. The first kappa shape index (κ1) is 17.8. The number of carbonyl (C=O) groups excluding carboxylic acids is 1. The van der Waals surface area contributed by atoms with Crippen LogP contribution in [0.1, 0.15) is 21.5 Å². The zero-order valence-electron chi connectivity index (χ0n) is 15.6. The van der Waals surface area contributed by atoms with Crippen molar-refractivity contribution in [2.45, 2.75) is 13.8 Å². The molecule has 0 atom stereocenters. The van der Waals surface area contributed by atoms with Gasteiger partial charge < -0.3 is 9.80 Å². The third kappa shape index (κ3) is 3.50. The summed E-state index contributed by atoms with van der Waals surface area (Å²) < 4.78 is 0. The molecule has 0 spiro atoms. The van der Waals surface area contributed by atoms with Crippen LogP contribution < -0.4 is 4.90 Å². The van der Waals surface area contributed by atoms with Gasteiger partial charge in [0.2, 0.25) is 0 Å². The third-order valence-corrected chi connectivity index (χ3v) is 5.58. The highest BCUT2D eigenvalue weighted by Gasteiger charge is 2.23. The molecule has 1 aromatic heterocycles. The van der Waals surface area contributed by atoms with Crippen LogP contribution in [-0.2, 0) is 0 Å². The van der Waals surface area contributed by atoms with Crippen molar-refractivity contribution in [2.75, 3.05) is 31.1 Å². The standard InChI is InChI=1S/C22H22ClN3O/c1-15-3-4-17(13-16(15)2)22(27)26-11-9-25(10-12-26)21-7-8-24-20-14-18(23)5-6-19(20)21/h3-8,13-14H,9-12H2,1-2H3. The Kier molecular flexibility index (Phi) is 4.75. The highest BCUT2D eigenvalue weighted by Crippen LogP contribution is 2.28. The Bertz CT molecular complexity index is 1010. The van der Waals surface area contributed by atoms with Gasteiger partial charge in [0.05, 0.1) is 5.52 Å². The van der Waals surface area contributed by atoms with Crippen molar-refractivity contribution < 1.29 is 4.79 Å². The number of pyridine rings is 1. The highest BCUT2D eigenvalue weighted by molar-refractivity contribution is 6.31. The van der Waals surface area contributed by atoms with Gasteiger partial charge in [-0.05, 0) is 61.4 Å². The fourth-order valence-electron chi connectivity index (χ4n) is 3.59. The van der Waals surface area contributed by atoms with Gasteiger partial charge in [-0.25, -0.2) is 0 Å². The molecule has 0 radical (unpaired) electrons. The number of anilines is 1. The average molecular weight is 380 g/mol. The first-order valence-electron chi connectivity index (χ1n) is 9.19. The minimum Gasteiger partial charge on any atom is -0.367 e. The van der Waals surface area contributed by atoms with Crippen LogP contribution in [0.15, 0.2) is 48.7 Å². The van der Waals surface area contributed by atoms with Crippen molar-refractivity contribution in [2.24, 2.45) is 0 Å². The maximum absolute atomic E-state index is 12.8. The number of hydrogen-bond donors (Lipinski definition) is 0. The number of hydrogen-bond acceptors (Lipinski definition) is 3. The van der Waals surface area contributed by atoms with Gasteiger partial charge in [0.1, 0.15) is 0 Å². The molecular formula is C22H22ClN3O. The van der Waals surface area contributed by atoms with Gasteiger partial charge in [-0.2, -0.15) is 0 Å². The Morgan fingerprint density at radius 2 is 1.74 bits per heavy atom. The monoisotopic (exact) mass is 379 g/mol. The zero-order chi connectivity index (χ0) is 19.0. The normalized spacial score (nSPS) is 14.6. The van der Waals surface area contributed by atoms with Crippen molar-refractivity contribution in [1.82, 2.24) is 9.88 Å². The van der Waals surface area contributed by atoms with E-state index < -0.39 is 0 Å². The number of carbonyl (C=O) groups is 1. The minimum absolute atomic E-state index is 0.115. The minimum atomic E-state index is 0.115. The van der Waals surface area contributed by atoms with E-state index in [0.717, 1.165) is 40.8 Å². The summed E-state index contributed by atoms with van der Waals surface area (Å²) in [5.41, 5.74) is 5.18. The molecule has 1 aliphatic rings. The molecule has 3 aromatic rings. The van der Waals surface area contributed by atoms with Crippen LogP contribution in [0.4, 0.5) is 5.69 Å². The number of halogens is 1. The van der Waals surface area contributed by atoms with Gasteiger partial charge >= 0.3 is 0 Å². The van der Waals surface area contributed by atoms with E-state index in [4.69, 9.17) is 11.6 Å². The number of aryl methyl sites for hydroxylation is 2. The molecule has 1 saturated heterocycles. The van der Waals surface area contributed by atoms with E-state index in [9.17, 15) is 4.79 Å². The first-order chi connectivity index (χ1) is 13.0. The second-order valence-electron chi connectivity index (χ2n) is 7.07. The molecule has 5 heteroatoms. The number of nitrogens with zero attached hydrogens (tertiary/aromatic N) is 3. The van der Waals surface area contributed by atoms with Gasteiger partial charge in [0.25, 0.3) is 5.91 Å². The molecule has 27 heavy (non-hydrogen) atoms. The van der Waals surface area contributed by atoms with Crippen LogP contribution in [0.5, 0.6) is 0 Å². The zero-order valence-corrected chi connectivity index (χ0v) is 16.3. The van der Waals surface area contributed by atoms with Gasteiger partial charge in [-0.1, -0.05) is 17.7 Å². The highest BCUT2D eigenvalue weighted by atomic mass is 35.5. The number of benzene rings is 2. The lowest BCUT2D eigenvalue weighted by atomic mass is 10.1. The van der Waals surface area contributed by atoms with Crippen molar-refractivity contribution in [1.29, 1.82) is 0 Å². The maximum Gasteiger partial charge on any atom is 0.253 e. The lowest BCUT2D eigenvalue weighted by molar-refractivity contribution is 0.0747. The van der Waals surface area contributed by atoms with Crippen molar-refractivity contribution in [3.05, 3.63) is 70.4 Å². The molecule has 0 bridgehead atoms. The summed E-state index contributed by atoms with van der Waals surface area (Å²) >= 11 is 6.09. The molecule has 1 fully saturated rings. The molecule has 1 amide bonds. The van der Waals surface area contributed by atoms with Crippen molar-refractivity contribution >= 4 is 34.1 Å². The van der Waals surface area contributed by atoms with Gasteiger partial charge in [-0.15, -0.1) is 0 Å². The lowest BCUT2D eigenvalue weighted by Gasteiger charge is -2.36. The van der Waals surface area contributed by atoms with Crippen molar-refractivity contribution in [3.63, 3.8) is 0 Å². The Morgan fingerprint density at radius 3 is 2.48 bits per heavy atom. The third-order valence-electron chi connectivity index (χ3n) is 5.34. The number of piperazine rings is 1. The maximum atomic E-state index is 12.8. The van der Waals surface area contributed by atoms with Crippen molar-refractivity contribution in [3.8, 4) is 0 Å². The Morgan fingerprint density at radius 1 is 0.963 bits per heavy atom. The van der Waals surface area contributed by atoms with E-state index in [1.807, 2.05) is 60.5 Å². The van der Waals surface area contributed by atoms with Crippen LogP contribution in [0.2, 0.25) is 5.02 Å². The molecule has 0 N–H and O–H groups in total. The van der Waals surface area contributed by atoms with Crippen LogP contribution in [0.3, 0.4) is 0 Å². The second kappa shape index (κ2) is 7.20. The number of aromatic nitrogens is 1. The van der Waals surface area contributed by atoms with Crippen LogP contribution >= 0.6 is 11.6 Å². The van der Waals surface area contributed by atoms with Crippen LogP contribution in [0, 0.1) is 13.8 Å². The topological polar surface area (TPSA) is 36.4 Å². The lowest BCUT2D eigenvalue weighted by Crippen LogP contribution is -2.48. The molecule has 4 rings (SSSR count). The van der Waals surface area contributed by atoms with E-state index in [0.29, 0.717) is 18.1 Å². The Labute approximate surface area is 164 Å². The summed E-state index contributed by atoms with van der Waals surface area (Å²) in [7, 11) is 0. The van der Waals surface area contributed by atoms with Gasteiger partial charge in [0.15, 0.2) is 0 Å². The molecule has 138 valence electrons. The predicted octanol–water partition coefficient (Wildman–Crippen LogP) is 4.47. The van der Waals surface area contributed by atoms with E-state index in [1.165, 1.54) is 5.56 Å². The summed E-state index contributed by atoms with van der Waals surface area (Å²) in [4.78, 5) is 21.5. The average Bonchev–Trinajstić information content (AvgIpc) is 2.69. The number of rotatable bonds is 2. The number of amides is 1. The second-order valence-corrected chi connectivity index (χ2v) is 7.51. The Balaban J connectivity index is 1.51. The molecule has 1 aliphatic heterocycles. The Hall–Kier alpha value is -2.59. The summed E-state index contributed by atoms with van der Waals surface area (Å²) in [6, 6.07) is 13.8. The molecule has 0 saturated carbocycles. The van der Waals surface area contributed by atoms with E-state index in [2.05, 4.69) is 16.8 Å². The van der Waals surface area contributed by atoms with Crippen LogP contribution in [0.25, 0.3) is 10.9 Å². The van der Waals surface area contributed by atoms with E-state index in [1.54, 1.807) is 0 Å². The molecule has 0 aliphatic carbocycles. The summed E-state index contributed by atoms with van der Waals surface area (Å²) in [5.74, 6) is 0.115.